The van der Waals surface area contributed by atoms with Crippen molar-refractivity contribution in [2.45, 2.75) is 19.3 Å². The van der Waals surface area contributed by atoms with E-state index in [0.29, 0.717) is 46.6 Å². The van der Waals surface area contributed by atoms with Crippen LogP contribution in [0.1, 0.15) is 40.1 Å². The molecule has 0 spiro atoms. The molecule has 0 atom stereocenters. The van der Waals surface area contributed by atoms with Crippen LogP contribution in [0.5, 0.6) is 0 Å². The first-order chi connectivity index (χ1) is 17.5. The van der Waals surface area contributed by atoms with Gasteiger partial charge < -0.3 is 15.5 Å². The molecule has 0 bridgehead atoms. The Bertz CT molecular complexity index is 1420. The highest BCUT2D eigenvalue weighted by Crippen LogP contribution is 2.32. The molecule has 1 aliphatic heterocycles. The van der Waals surface area contributed by atoms with Crippen molar-refractivity contribution in [3.05, 3.63) is 88.8 Å². The molecule has 2 heterocycles. The molecule has 1 aliphatic rings. The van der Waals surface area contributed by atoms with Crippen LogP contribution < -0.4 is 10.6 Å². The van der Waals surface area contributed by atoms with Gasteiger partial charge in [-0.3, -0.25) is 9.59 Å². The second-order valence-electron chi connectivity index (χ2n) is 8.58. The van der Waals surface area contributed by atoms with E-state index in [1.54, 1.807) is 29.2 Å². The van der Waals surface area contributed by atoms with Gasteiger partial charge in [0.25, 0.3) is 11.8 Å². The number of rotatable bonds is 5. The largest absolute Gasteiger partial charge is 0.353 e. The number of para-hydroxylation sites is 1. The molecule has 2 amide bonds. The van der Waals surface area contributed by atoms with Crippen molar-refractivity contribution in [1.82, 2.24) is 15.1 Å². The van der Waals surface area contributed by atoms with Crippen molar-refractivity contribution < 1.29 is 14.0 Å². The Labute approximate surface area is 212 Å². The fourth-order valence-corrected chi connectivity index (χ4v) is 4.36. The second kappa shape index (κ2) is 10.3. The Balaban J connectivity index is 1.47. The number of benzene rings is 3. The molecule has 3 aromatic carbocycles. The highest BCUT2D eigenvalue weighted by molar-refractivity contribution is 6.31. The predicted octanol–water partition coefficient (Wildman–Crippen LogP) is 6.04. The molecule has 36 heavy (non-hydrogen) atoms. The van der Waals surface area contributed by atoms with Crippen LogP contribution in [0, 0.1) is 5.82 Å². The van der Waals surface area contributed by atoms with Gasteiger partial charge in [-0.1, -0.05) is 29.8 Å². The minimum atomic E-state index is -0.621. The number of nitrogens with zero attached hydrogens (tertiary/aromatic N) is 3. The van der Waals surface area contributed by atoms with Gasteiger partial charge in [-0.2, -0.15) is 0 Å². The molecular formula is C27H23ClFN5O2. The van der Waals surface area contributed by atoms with Gasteiger partial charge in [0.05, 0.1) is 16.2 Å². The number of piperidine rings is 1. The van der Waals surface area contributed by atoms with Crippen molar-refractivity contribution >= 4 is 51.4 Å². The molecule has 7 nitrogen and oxygen atoms in total. The maximum atomic E-state index is 14.4. The van der Waals surface area contributed by atoms with Crippen molar-refractivity contribution in [2.75, 3.05) is 23.7 Å². The number of carbonyl (C=O) groups is 2. The third-order valence-electron chi connectivity index (χ3n) is 6.10. The molecular weight excluding hydrogens is 481 g/mol. The number of likely N-dealkylation sites (tertiary alicyclic amines) is 1. The van der Waals surface area contributed by atoms with E-state index >= 15 is 0 Å². The van der Waals surface area contributed by atoms with Crippen molar-refractivity contribution in [1.29, 1.82) is 0 Å². The van der Waals surface area contributed by atoms with Crippen LogP contribution in [0.4, 0.5) is 21.5 Å². The summed E-state index contributed by atoms with van der Waals surface area (Å²) < 4.78 is 14.4. The fourth-order valence-electron chi connectivity index (χ4n) is 4.20. The van der Waals surface area contributed by atoms with Crippen LogP contribution in [0.25, 0.3) is 10.9 Å². The molecule has 0 saturated carbocycles. The SMILES string of the molecule is O=C(Nc1ccccc1)c1ccc(Nc2c(C(=O)N3CCCCC3)nnc3cc(Cl)c(F)cc23)cc1. The van der Waals surface area contributed by atoms with E-state index < -0.39 is 5.82 Å². The lowest BCUT2D eigenvalue weighted by Crippen LogP contribution is -2.36. The van der Waals surface area contributed by atoms with Crippen LogP contribution in [0.3, 0.4) is 0 Å². The van der Waals surface area contributed by atoms with Crippen molar-refractivity contribution in [3.8, 4) is 0 Å². The van der Waals surface area contributed by atoms with E-state index in [9.17, 15) is 14.0 Å². The molecule has 1 saturated heterocycles. The molecule has 5 rings (SSSR count). The zero-order valence-electron chi connectivity index (χ0n) is 19.3. The van der Waals surface area contributed by atoms with E-state index in [1.165, 1.54) is 12.1 Å². The Morgan fingerprint density at radius 3 is 2.33 bits per heavy atom. The monoisotopic (exact) mass is 503 g/mol. The number of hydrogen-bond acceptors (Lipinski definition) is 5. The summed E-state index contributed by atoms with van der Waals surface area (Å²) in [6.45, 7) is 1.27. The maximum absolute atomic E-state index is 14.4. The molecule has 0 radical (unpaired) electrons. The molecule has 2 N–H and O–H groups in total. The molecule has 1 fully saturated rings. The number of aromatic nitrogens is 2. The van der Waals surface area contributed by atoms with Gasteiger partial charge in [0.15, 0.2) is 5.69 Å². The molecule has 182 valence electrons. The first kappa shape index (κ1) is 23.7. The smallest absolute Gasteiger partial charge is 0.276 e. The zero-order valence-corrected chi connectivity index (χ0v) is 20.1. The minimum absolute atomic E-state index is 0.0772. The number of fused-ring (bicyclic) bond motifs is 1. The minimum Gasteiger partial charge on any atom is -0.353 e. The number of amides is 2. The Morgan fingerprint density at radius 1 is 0.889 bits per heavy atom. The summed E-state index contributed by atoms with van der Waals surface area (Å²) in [5.41, 5.74) is 2.57. The fraction of sp³-hybridized carbons (Fsp3) is 0.185. The number of anilines is 3. The van der Waals surface area contributed by atoms with Gasteiger partial charge in [-0.15, -0.1) is 10.2 Å². The van der Waals surface area contributed by atoms with Gasteiger partial charge in [-0.25, -0.2) is 4.39 Å². The molecule has 0 aliphatic carbocycles. The summed E-state index contributed by atoms with van der Waals surface area (Å²) in [6, 6.07) is 18.6. The summed E-state index contributed by atoms with van der Waals surface area (Å²) in [4.78, 5) is 27.7. The van der Waals surface area contributed by atoms with Crippen LogP contribution in [0.2, 0.25) is 5.02 Å². The van der Waals surface area contributed by atoms with Gasteiger partial charge in [0, 0.05) is 35.4 Å². The van der Waals surface area contributed by atoms with Gasteiger partial charge in [0.1, 0.15) is 5.82 Å². The van der Waals surface area contributed by atoms with E-state index in [4.69, 9.17) is 11.6 Å². The van der Waals surface area contributed by atoms with Gasteiger partial charge in [0.2, 0.25) is 0 Å². The maximum Gasteiger partial charge on any atom is 0.276 e. The van der Waals surface area contributed by atoms with E-state index in [1.807, 2.05) is 30.3 Å². The van der Waals surface area contributed by atoms with E-state index in [2.05, 4.69) is 20.8 Å². The molecule has 4 aromatic rings. The summed E-state index contributed by atoms with van der Waals surface area (Å²) >= 11 is 5.95. The lowest BCUT2D eigenvalue weighted by atomic mass is 10.1. The van der Waals surface area contributed by atoms with Crippen molar-refractivity contribution in [3.63, 3.8) is 0 Å². The zero-order chi connectivity index (χ0) is 25.1. The van der Waals surface area contributed by atoms with E-state index in [-0.39, 0.29) is 22.5 Å². The normalized spacial score (nSPS) is 13.4. The highest BCUT2D eigenvalue weighted by atomic mass is 35.5. The molecule has 1 aromatic heterocycles. The standard InChI is InChI=1S/C27H23ClFN5O2/c28-21-16-23-20(15-22(21)29)24(25(33-32-23)27(36)34-13-5-2-6-14-34)30-19-11-9-17(10-12-19)26(35)31-18-7-3-1-4-8-18/h1,3-4,7-12,15-16H,2,5-6,13-14H2,(H,30,32)(H,31,35). The first-order valence-electron chi connectivity index (χ1n) is 11.7. The average Bonchev–Trinajstić information content (AvgIpc) is 2.91. The summed E-state index contributed by atoms with van der Waals surface area (Å²) in [5, 5.41) is 14.7. The van der Waals surface area contributed by atoms with Crippen LogP contribution in [-0.2, 0) is 0 Å². The molecule has 0 unspecified atom stereocenters. The topological polar surface area (TPSA) is 87.2 Å². The lowest BCUT2D eigenvalue weighted by Gasteiger charge is -2.27. The molecule has 9 heteroatoms. The first-order valence-corrected chi connectivity index (χ1v) is 12.1. The summed E-state index contributed by atoms with van der Waals surface area (Å²) in [6.07, 6.45) is 2.92. The third-order valence-corrected chi connectivity index (χ3v) is 6.39. The van der Waals surface area contributed by atoms with Gasteiger partial charge >= 0.3 is 0 Å². The number of nitrogens with one attached hydrogen (secondary N) is 2. The second-order valence-corrected chi connectivity index (χ2v) is 8.99. The van der Waals surface area contributed by atoms with Crippen LogP contribution in [0.15, 0.2) is 66.7 Å². The van der Waals surface area contributed by atoms with Crippen molar-refractivity contribution in [2.24, 2.45) is 0 Å². The van der Waals surface area contributed by atoms with E-state index in [0.717, 1.165) is 19.3 Å². The number of hydrogen-bond donors (Lipinski definition) is 2. The highest BCUT2D eigenvalue weighted by Gasteiger charge is 2.25. The number of carbonyl (C=O) groups excluding carboxylic acids is 2. The Kier molecular flexibility index (Phi) is 6.77. The summed E-state index contributed by atoms with van der Waals surface area (Å²) in [7, 11) is 0. The Hall–Kier alpha value is -4.04. The third kappa shape index (κ3) is 4.99. The summed E-state index contributed by atoms with van der Waals surface area (Å²) in [5.74, 6) is -1.13. The number of halogens is 2. The van der Waals surface area contributed by atoms with Crippen LogP contribution in [-0.4, -0.2) is 40.0 Å². The van der Waals surface area contributed by atoms with Crippen LogP contribution >= 0.6 is 11.6 Å². The quantitative estimate of drug-likeness (QED) is 0.346. The Morgan fingerprint density at radius 2 is 1.61 bits per heavy atom. The lowest BCUT2D eigenvalue weighted by molar-refractivity contribution is 0.0718. The van der Waals surface area contributed by atoms with Gasteiger partial charge in [-0.05, 0) is 67.8 Å². The average molecular weight is 504 g/mol. The predicted molar refractivity (Wildman–Crippen MR) is 138 cm³/mol.